The van der Waals surface area contributed by atoms with Crippen molar-refractivity contribution in [1.82, 2.24) is 0 Å². The molecular formula is C16H15FN2O2. The maximum atomic E-state index is 13.3. The fourth-order valence-electron chi connectivity index (χ4n) is 1.69. The molecule has 108 valence electrons. The Balaban J connectivity index is 1.81. The maximum absolute atomic E-state index is 13.3. The molecule has 2 aromatic carbocycles. The van der Waals surface area contributed by atoms with Crippen LogP contribution in [0, 0.1) is 12.7 Å². The summed E-state index contributed by atoms with van der Waals surface area (Å²) >= 11 is 0. The van der Waals surface area contributed by atoms with Crippen LogP contribution in [0.5, 0.6) is 0 Å². The summed E-state index contributed by atoms with van der Waals surface area (Å²) in [7, 11) is 0. The Kier molecular flexibility index (Phi) is 5.04. The summed E-state index contributed by atoms with van der Waals surface area (Å²) < 4.78 is 13.3. The van der Waals surface area contributed by atoms with Gasteiger partial charge in [-0.1, -0.05) is 35.5 Å². The van der Waals surface area contributed by atoms with Crippen LogP contribution in [0.2, 0.25) is 0 Å². The number of anilines is 1. The lowest BCUT2D eigenvalue weighted by molar-refractivity contribution is -0.120. The number of hydrogen-bond donors (Lipinski definition) is 1. The van der Waals surface area contributed by atoms with E-state index in [1.165, 1.54) is 12.3 Å². The van der Waals surface area contributed by atoms with Crippen molar-refractivity contribution in [2.45, 2.75) is 6.92 Å². The van der Waals surface area contributed by atoms with E-state index in [1.54, 1.807) is 24.3 Å². The third-order valence-electron chi connectivity index (χ3n) is 2.67. The molecule has 0 aliphatic carbocycles. The van der Waals surface area contributed by atoms with E-state index in [1.807, 2.05) is 25.1 Å². The molecule has 1 N–H and O–H groups in total. The molecule has 0 aliphatic heterocycles. The number of carbonyl (C=O) groups is 1. The van der Waals surface area contributed by atoms with Gasteiger partial charge in [0.05, 0.1) is 6.21 Å². The summed E-state index contributed by atoms with van der Waals surface area (Å²) in [6.07, 6.45) is 1.23. The van der Waals surface area contributed by atoms with Crippen LogP contribution in [0.3, 0.4) is 0 Å². The molecule has 0 saturated heterocycles. The third-order valence-corrected chi connectivity index (χ3v) is 2.67. The average molecular weight is 286 g/mol. The maximum Gasteiger partial charge on any atom is 0.265 e. The summed E-state index contributed by atoms with van der Waals surface area (Å²) in [6, 6.07) is 13.6. The van der Waals surface area contributed by atoms with Crippen molar-refractivity contribution in [3.05, 3.63) is 65.5 Å². The van der Waals surface area contributed by atoms with Gasteiger partial charge in [0, 0.05) is 11.3 Å². The van der Waals surface area contributed by atoms with Gasteiger partial charge in [0.15, 0.2) is 6.61 Å². The monoisotopic (exact) mass is 286 g/mol. The first-order valence-corrected chi connectivity index (χ1v) is 6.41. The number of rotatable bonds is 5. The molecule has 0 aromatic heterocycles. The summed E-state index contributed by atoms with van der Waals surface area (Å²) in [6.45, 7) is 1.70. The van der Waals surface area contributed by atoms with Crippen molar-refractivity contribution >= 4 is 17.8 Å². The minimum atomic E-state index is -0.394. The Labute approximate surface area is 122 Å². The number of carbonyl (C=O) groups excluding carboxylic acids is 1. The van der Waals surface area contributed by atoms with E-state index in [0.717, 1.165) is 5.56 Å². The van der Waals surface area contributed by atoms with E-state index in [2.05, 4.69) is 10.5 Å². The first-order chi connectivity index (χ1) is 10.1. The highest BCUT2D eigenvalue weighted by Gasteiger charge is 2.02. The minimum Gasteiger partial charge on any atom is -0.386 e. The normalized spacial score (nSPS) is 10.6. The van der Waals surface area contributed by atoms with Gasteiger partial charge in [0.1, 0.15) is 5.82 Å². The van der Waals surface area contributed by atoms with E-state index in [9.17, 15) is 9.18 Å². The minimum absolute atomic E-state index is 0.237. The fourth-order valence-corrected chi connectivity index (χ4v) is 1.69. The second kappa shape index (κ2) is 7.19. The first-order valence-electron chi connectivity index (χ1n) is 6.41. The van der Waals surface area contributed by atoms with Crippen molar-refractivity contribution in [1.29, 1.82) is 0 Å². The van der Waals surface area contributed by atoms with Crippen molar-refractivity contribution in [2.75, 3.05) is 11.9 Å². The Morgan fingerprint density at radius 2 is 2.10 bits per heavy atom. The van der Waals surface area contributed by atoms with Crippen molar-refractivity contribution in [2.24, 2.45) is 5.16 Å². The quantitative estimate of drug-likeness (QED) is 0.678. The van der Waals surface area contributed by atoms with Crippen LogP contribution in [0.4, 0.5) is 10.1 Å². The van der Waals surface area contributed by atoms with Crippen LogP contribution in [-0.2, 0) is 9.63 Å². The highest BCUT2D eigenvalue weighted by atomic mass is 19.1. The van der Waals surface area contributed by atoms with Crippen molar-refractivity contribution < 1.29 is 14.0 Å². The highest BCUT2D eigenvalue weighted by Crippen LogP contribution is 2.09. The number of halogens is 1. The molecule has 0 aliphatic rings. The number of oxime groups is 1. The number of benzene rings is 2. The number of hydrogen-bond acceptors (Lipinski definition) is 3. The Morgan fingerprint density at radius 1 is 1.29 bits per heavy atom. The number of nitrogens with zero attached hydrogens (tertiary/aromatic N) is 1. The van der Waals surface area contributed by atoms with E-state index >= 15 is 0 Å². The van der Waals surface area contributed by atoms with Crippen LogP contribution < -0.4 is 5.32 Å². The van der Waals surface area contributed by atoms with Gasteiger partial charge >= 0.3 is 0 Å². The molecule has 0 spiro atoms. The SMILES string of the molecule is Cc1cccc(NC(=O)CO/N=C\c2ccccc2F)c1. The van der Waals surface area contributed by atoms with Crippen LogP contribution in [0.25, 0.3) is 0 Å². The largest absolute Gasteiger partial charge is 0.386 e. The summed E-state index contributed by atoms with van der Waals surface area (Å²) in [4.78, 5) is 16.5. The van der Waals surface area contributed by atoms with Gasteiger partial charge in [0.25, 0.3) is 5.91 Å². The number of nitrogens with one attached hydrogen (secondary N) is 1. The topological polar surface area (TPSA) is 50.7 Å². The van der Waals surface area contributed by atoms with Gasteiger partial charge in [-0.05, 0) is 30.7 Å². The molecule has 2 aromatic rings. The van der Waals surface area contributed by atoms with Gasteiger partial charge in [-0.25, -0.2) is 4.39 Å². The Bertz CT molecular complexity index is 656. The zero-order valence-corrected chi connectivity index (χ0v) is 11.5. The third kappa shape index (κ3) is 4.72. The zero-order valence-electron chi connectivity index (χ0n) is 11.5. The van der Waals surface area contributed by atoms with E-state index < -0.39 is 5.82 Å². The van der Waals surface area contributed by atoms with Crippen LogP contribution in [-0.4, -0.2) is 18.7 Å². The first kappa shape index (κ1) is 14.7. The molecule has 0 saturated carbocycles. The average Bonchev–Trinajstić information content (AvgIpc) is 2.45. The van der Waals surface area contributed by atoms with Gasteiger partial charge in [-0.3, -0.25) is 4.79 Å². The lowest BCUT2D eigenvalue weighted by Crippen LogP contribution is -2.17. The molecule has 0 heterocycles. The van der Waals surface area contributed by atoms with E-state index in [0.29, 0.717) is 11.3 Å². The van der Waals surface area contributed by atoms with Crippen LogP contribution in [0.1, 0.15) is 11.1 Å². The second-order valence-corrected chi connectivity index (χ2v) is 4.45. The smallest absolute Gasteiger partial charge is 0.265 e. The molecule has 0 radical (unpaired) electrons. The zero-order chi connectivity index (χ0) is 15.1. The second-order valence-electron chi connectivity index (χ2n) is 4.45. The molecule has 0 unspecified atom stereocenters. The molecule has 1 amide bonds. The summed E-state index contributed by atoms with van der Waals surface area (Å²) in [5.74, 6) is -0.722. The molecule has 0 fully saturated rings. The molecule has 21 heavy (non-hydrogen) atoms. The van der Waals surface area contributed by atoms with Gasteiger partial charge < -0.3 is 10.2 Å². The highest BCUT2D eigenvalue weighted by molar-refractivity contribution is 5.91. The predicted molar refractivity (Wildman–Crippen MR) is 79.8 cm³/mol. The molecule has 2 rings (SSSR count). The summed E-state index contributed by atoms with van der Waals surface area (Å²) in [5, 5.41) is 6.26. The van der Waals surface area contributed by atoms with Gasteiger partial charge in [-0.15, -0.1) is 0 Å². The predicted octanol–water partition coefficient (Wildman–Crippen LogP) is 3.12. The Morgan fingerprint density at radius 3 is 2.86 bits per heavy atom. The lowest BCUT2D eigenvalue weighted by atomic mass is 10.2. The lowest BCUT2D eigenvalue weighted by Gasteiger charge is -2.04. The molecule has 4 nitrogen and oxygen atoms in total. The van der Waals surface area contributed by atoms with Crippen molar-refractivity contribution in [3.63, 3.8) is 0 Å². The molecular weight excluding hydrogens is 271 g/mol. The van der Waals surface area contributed by atoms with E-state index in [-0.39, 0.29) is 12.5 Å². The van der Waals surface area contributed by atoms with Crippen LogP contribution in [0.15, 0.2) is 53.7 Å². The molecule has 0 bridgehead atoms. The standard InChI is InChI=1S/C16H15FN2O2/c1-12-5-4-7-14(9-12)19-16(20)11-21-18-10-13-6-2-3-8-15(13)17/h2-10H,11H2,1H3,(H,19,20)/b18-10-. The van der Waals surface area contributed by atoms with Gasteiger partial charge in [-0.2, -0.15) is 0 Å². The van der Waals surface area contributed by atoms with Crippen molar-refractivity contribution in [3.8, 4) is 0 Å². The summed E-state index contributed by atoms with van der Waals surface area (Å²) in [5.41, 5.74) is 2.05. The Hall–Kier alpha value is -2.69. The van der Waals surface area contributed by atoms with Crippen LogP contribution >= 0.6 is 0 Å². The molecule has 0 atom stereocenters. The fraction of sp³-hybridized carbons (Fsp3) is 0.125. The molecule has 5 heteroatoms. The number of aryl methyl sites for hydroxylation is 1. The number of amides is 1. The van der Waals surface area contributed by atoms with E-state index in [4.69, 9.17) is 4.84 Å². The van der Waals surface area contributed by atoms with Gasteiger partial charge in [0.2, 0.25) is 0 Å².